The molecule has 4 rings (SSSR count). The average Bonchev–Trinajstić information content (AvgIpc) is 3.03. The summed E-state index contributed by atoms with van der Waals surface area (Å²) < 4.78 is 5.95. The van der Waals surface area contributed by atoms with Gasteiger partial charge in [0.2, 0.25) is 0 Å². The summed E-state index contributed by atoms with van der Waals surface area (Å²) in [5.41, 5.74) is 5.88. The van der Waals surface area contributed by atoms with Crippen LogP contribution in [0.3, 0.4) is 0 Å². The third-order valence-electron chi connectivity index (χ3n) is 5.83. The Morgan fingerprint density at radius 3 is 2.29 bits per heavy atom. The Balaban J connectivity index is 1.52. The molecular formula is C23H27N3O2. The highest BCUT2D eigenvalue weighted by molar-refractivity contribution is 6.06. The topological polar surface area (TPSA) is 48.7 Å². The molecule has 2 aromatic carbocycles. The number of furan rings is 1. The quantitative estimate of drug-likeness (QED) is 0.737. The van der Waals surface area contributed by atoms with E-state index >= 15 is 0 Å². The highest BCUT2D eigenvalue weighted by Gasteiger charge is 2.20. The van der Waals surface area contributed by atoms with Crippen LogP contribution in [-0.4, -0.2) is 44.0 Å². The smallest absolute Gasteiger partial charge is 0.291 e. The Kier molecular flexibility index (Phi) is 4.85. The molecule has 1 N–H and O–H groups in total. The average molecular weight is 377 g/mol. The predicted molar refractivity (Wildman–Crippen MR) is 115 cm³/mol. The molecule has 1 amide bonds. The fourth-order valence-electron chi connectivity index (χ4n) is 3.74. The fourth-order valence-corrected chi connectivity index (χ4v) is 3.74. The molecule has 28 heavy (non-hydrogen) atoms. The van der Waals surface area contributed by atoms with Crippen LogP contribution < -0.4 is 10.2 Å². The molecule has 1 aliphatic rings. The number of carbonyl (C=O) groups excluding carboxylic acids is 1. The minimum atomic E-state index is -0.210. The van der Waals surface area contributed by atoms with Crippen molar-refractivity contribution >= 4 is 28.3 Å². The molecule has 0 unspecified atom stereocenters. The van der Waals surface area contributed by atoms with Gasteiger partial charge in [-0.05, 0) is 63.2 Å². The van der Waals surface area contributed by atoms with Crippen LogP contribution in [0.15, 0.2) is 40.8 Å². The maximum atomic E-state index is 12.8. The number of likely N-dealkylation sites (N-methyl/N-ethyl adjacent to an activating group) is 1. The molecule has 0 atom stereocenters. The molecule has 1 fully saturated rings. The van der Waals surface area contributed by atoms with Crippen LogP contribution in [0.2, 0.25) is 0 Å². The van der Waals surface area contributed by atoms with E-state index in [1.807, 2.05) is 39.0 Å². The van der Waals surface area contributed by atoms with Gasteiger partial charge in [-0.3, -0.25) is 4.79 Å². The van der Waals surface area contributed by atoms with Gasteiger partial charge >= 0.3 is 0 Å². The molecule has 1 aliphatic heterocycles. The van der Waals surface area contributed by atoms with Gasteiger partial charge in [0, 0.05) is 48.5 Å². The molecule has 5 nitrogen and oxygen atoms in total. The number of hydrogen-bond acceptors (Lipinski definition) is 4. The summed E-state index contributed by atoms with van der Waals surface area (Å²) in [5, 5.41) is 3.97. The number of nitrogens with zero attached hydrogens (tertiary/aromatic N) is 2. The van der Waals surface area contributed by atoms with E-state index in [9.17, 15) is 4.79 Å². The van der Waals surface area contributed by atoms with Crippen LogP contribution in [0.5, 0.6) is 0 Å². The highest BCUT2D eigenvalue weighted by atomic mass is 16.3. The van der Waals surface area contributed by atoms with E-state index in [1.165, 1.54) is 5.69 Å². The number of aryl methyl sites for hydroxylation is 3. The SMILES string of the molecule is Cc1ccc2c(C)c(C(=O)Nc3ccc(N4CCN(C)CC4)cc3)oc2c1C. The second kappa shape index (κ2) is 7.32. The van der Waals surface area contributed by atoms with Crippen LogP contribution >= 0.6 is 0 Å². The van der Waals surface area contributed by atoms with Gasteiger partial charge in [-0.1, -0.05) is 12.1 Å². The summed E-state index contributed by atoms with van der Waals surface area (Å²) in [6.07, 6.45) is 0. The molecule has 1 saturated heterocycles. The van der Waals surface area contributed by atoms with E-state index < -0.39 is 0 Å². The summed E-state index contributed by atoms with van der Waals surface area (Å²) in [5.74, 6) is 0.171. The largest absolute Gasteiger partial charge is 0.450 e. The number of anilines is 2. The monoisotopic (exact) mass is 377 g/mol. The fraction of sp³-hybridized carbons (Fsp3) is 0.348. The van der Waals surface area contributed by atoms with Crippen molar-refractivity contribution in [1.82, 2.24) is 4.90 Å². The zero-order valence-electron chi connectivity index (χ0n) is 17.0. The molecule has 0 spiro atoms. The first-order chi connectivity index (χ1) is 13.4. The Morgan fingerprint density at radius 1 is 0.929 bits per heavy atom. The van der Waals surface area contributed by atoms with E-state index in [0.29, 0.717) is 5.76 Å². The molecule has 146 valence electrons. The zero-order chi connectivity index (χ0) is 19.8. The summed E-state index contributed by atoms with van der Waals surface area (Å²) in [7, 11) is 2.15. The van der Waals surface area contributed by atoms with Gasteiger partial charge in [-0.15, -0.1) is 0 Å². The lowest BCUT2D eigenvalue weighted by atomic mass is 10.0. The zero-order valence-corrected chi connectivity index (χ0v) is 17.0. The molecule has 2 heterocycles. The first kappa shape index (κ1) is 18.6. The number of amides is 1. The van der Waals surface area contributed by atoms with E-state index in [1.54, 1.807) is 0 Å². The molecule has 0 aliphatic carbocycles. The van der Waals surface area contributed by atoms with Crippen LogP contribution in [-0.2, 0) is 0 Å². The van der Waals surface area contributed by atoms with Gasteiger partial charge in [0.1, 0.15) is 5.58 Å². The highest BCUT2D eigenvalue weighted by Crippen LogP contribution is 2.30. The third kappa shape index (κ3) is 3.38. The first-order valence-electron chi connectivity index (χ1n) is 9.78. The van der Waals surface area contributed by atoms with Crippen molar-refractivity contribution in [2.24, 2.45) is 0 Å². The molecule has 0 bridgehead atoms. The van der Waals surface area contributed by atoms with E-state index in [2.05, 4.69) is 40.4 Å². The van der Waals surface area contributed by atoms with Crippen LogP contribution in [0, 0.1) is 20.8 Å². The molecule has 0 radical (unpaired) electrons. The number of carbonyl (C=O) groups is 1. The van der Waals surface area contributed by atoms with Crippen molar-refractivity contribution in [2.75, 3.05) is 43.4 Å². The Labute approximate surface area is 165 Å². The lowest BCUT2D eigenvalue weighted by molar-refractivity contribution is 0.0998. The summed E-state index contributed by atoms with van der Waals surface area (Å²) >= 11 is 0. The van der Waals surface area contributed by atoms with Crippen molar-refractivity contribution in [2.45, 2.75) is 20.8 Å². The lowest BCUT2D eigenvalue weighted by Crippen LogP contribution is -2.44. The summed E-state index contributed by atoms with van der Waals surface area (Å²) in [6.45, 7) is 10.2. The number of nitrogens with one attached hydrogen (secondary N) is 1. The predicted octanol–water partition coefficient (Wildman–Crippen LogP) is 4.36. The number of fused-ring (bicyclic) bond motifs is 1. The minimum Gasteiger partial charge on any atom is -0.450 e. The summed E-state index contributed by atoms with van der Waals surface area (Å²) in [4.78, 5) is 17.5. The van der Waals surface area contributed by atoms with E-state index in [-0.39, 0.29) is 5.91 Å². The van der Waals surface area contributed by atoms with Crippen molar-refractivity contribution in [3.63, 3.8) is 0 Å². The van der Waals surface area contributed by atoms with Gasteiger partial charge in [-0.2, -0.15) is 0 Å². The lowest BCUT2D eigenvalue weighted by Gasteiger charge is -2.34. The van der Waals surface area contributed by atoms with E-state index in [0.717, 1.165) is 59.5 Å². The Morgan fingerprint density at radius 2 is 1.61 bits per heavy atom. The Hall–Kier alpha value is -2.79. The van der Waals surface area contributed by atoms with Gasteiger partial charge < -0.3 is 19.5 Å². The minimum absolute atomic E-state index is 0.210. The number of benzene rings is 2. The molecular weight excluding hydrogens is 350 g/mol. The Bertz CT molecular complexity index is 1010. The van der Waals surface area contributed by atoms with Crippen LogP contribution in [0.4, 0.5) is 11.4 Å². The van der Waals surface area contributed by atoms with Gasteiger partial charge in [0.25, 0.3) is 5.91 Å². The van der Waals surface area contributed by atoms with Crippen molar-refractivity contribution in [3.8, 4) is 0 Å². The standard InChI is InChI=1S/C23H27N3O2/c1-15-5-10-20-17(3)22(28-21(20)16(15)2)23(27)24-18-6-8-19(9-7-18)26-13-11-25(4)12-14-26/h5-10H,11-14H2,1-4H3,(H,24,27). The number of hydrogen-bond donors (Lipinski definition) is 1. The van der Waals surface area contributed by atoms with Crippen LogP contribution in [0.1, 0.15) is 27.2 Å². The van der Waals surface area contributed by atoms with Crippen molar-refractivity contribution in [3.05, 3.63) is 58.8 Å². The van der Waals surface area contributed by atoms with Gasteiger partial charge in [-0.25, -0.2) is 0 Å². The maximum absolute atomic E-state index is 12.8. The molecule has 0 saturated carbocycles. The molecule has 3 aromatic rings. The summed E-state index contributed by atoms with van der Waals surface area (Å²) in [6, 6.07) is 12.1. The maximum Gasteiger partial charge on any atom is 0.291 e. The van der Waals surface area contributed by atoms with E-state index in [4.69, 9.17) is 4.42 Å². The first-order valence-corrected chi connectivity index (χ1v) is 9.78. The molecule has 1 aromatic heterocycles. The van der Waals surface area contributed by atoms with Crippen LogP contribution in [0.25, 0.3) is 11.0 Å². The van der Waals surface area contributed by atoms with Gasteiger partial charge in [0.15, 0.2) is 5.76 Å². The molecule has 5 heteroatoms. The normalized spacial score (nSPS) is 15.2. The second-order valence-corrected chi connectivity index (χ2v) is 7.73. The number of rotatable bonds is 3. The van der Waals surface area contributed by atoms with Gasteiger partial charge in [0.05, 0.1) is 0 Å². The van der Waals surface area contributed by atoms with Crippen molar-refractivity contribution < 1.29 is 9.21 Å². The second-order valence-electron chi connectivity index (χ2n) is 7.73. The third-order valence-corrected chi connectivity index (χ3v) is 5.83. The van der Waals surface area contributed by atoms with Crippen molar-refractivity contribution in [1.29, 1.82) is 0 Å². The number of piperazine rings is 1.